The van der Waals surface area contributed by atoms with Crippen LogP contribution in [0.15, 0.2) is 12.1 Å². The van der Waals surface area contributed by atoms with Crippen molar-refractivity contribution in [3.8, 4) is 0 Å². The lowest BCUT2D eigenvalue weighted by Gasteiger charge is -2.11. The van der Waals surface area contributed by atoms with Crippen molar-refractivity contribution in [2.24, 2.45) is 0 Å². The van der Waals surface area contributed by atoms with Crippen LogP contribution in [0.25, 0.3) is 0 Å². The van der Waals surface area contributed by atoms with Crippen molar-refractivity contribution in [2.75, 3.05) is 6.61 Å². The molecule has 0 saturated heterocycles. The minimum atomic E-state index is -2.04. The van der Waals surface area contributed by atoms with Gasteiger partial charge in [-0.1, -0.05) is 0 Å². The van der Waals surface area contributed by atoms with Gasteiger partial charge in [-0.2, -0.15) is 0 Å². The number of hydrogen-bond acceptors (Lipinski definition) is 3. The van der Waals surface area contributed by atoms with Crippen LogP contribution in [0.2, 0.25) is 0 Å². The van der Waals surface area contributed by atoms with Gasteiger partial charge in [-0.05, 0) is 13.0 Å². The van der Waals surface area contributed by atoms with Gasteiger partial charge < -0.3 is 9.84 Å². The number of aliphatic hydroxyl groups excluding tert-OH is 1. The molecule has 0 radical (unpaired) electrons. The lowest BCUT2D eigenvalue weighted by Crippen LogP contribution is -2.17. The number of ether oxygens (including phenoxy) is 1. The number of benzene rings is 1. The third kappa shape index (κ3) is 2.52. The van der Waals surface area contributed by atoms with Crippen LogP contribution in [-0.4, -0.2) is 17.7 Å². The van der Waals surface area contributed by atoms with Gasteiger partial charge in [0.1, 0.15) is 5.82 Å². The predicted molar refractivity (Wildman–Crippen MR) is 47.9 cm³/mol. The van der Waals surface area contributed by atoms with Crippen LogP contribution in [0, 0.1) is 17.5 Å². The molecule has 0 aliphatic carbocycles. The van der Waals surface area contributed by atoms with E-state index >= 15 is 0 Å². The first-order valence-electron chi connectivity index (χ1n) is 4.46. The molecule has 1 aromatic carbocycles. The van der Waals surface area contributed by atoms with Crippen LogP contribution in [0.1, 0.15) is 18.6 Å². The number of rotatable bonds is 3. The minimum Gasteiger partial charge on any atom is -0.464 e. The summed E-state index contributed by atoms with van der Waals surface area (Å²) >= 11 is 0. The predicted octanol–water partition coefficient (Wildman–Crippen LogP) is 1.70. The number of halogens is 3. The lowest BCUT2D eigenvalue weighted by molar-refractivity contribution is -0.153. The normalized spacial score (nSPS) is 12.3. The second-order valence-electron chi connectivity index (χ2n) is 2.95. The van der Waals surface area contributed by atoms with Crippen molar-refractivity contribution < 1.29 is 27.8 Å². The molecule has 16 heavy (non-hydrogen) atoms. The molecule has 0 aromatic heterocycles. The summed E-state index contributed by atoms with van der Waals surface area (Å²) < 4.78 is 43.0. The van der Waals surface area contributed by atoms with Gasteiger partial charge >= 0.3 is 5.97 Å². The topological polar surface area (TPSA) is 46.5 Å². The Morgan fingerprint density at radius 2 is 2.06 bits per heavy atom. The maximum Gasteiger partial charge on any atom is 0.339 e. The summed E-state index contributed by atoms with van der Waals surface area (Å²) in [6.07, 6.45) is -2.04. The highest BCUT2D eigenvalue weighted by Crippen LogP contribution is 2.22. The standard InChI is InChI=1S/C10H9F3O3/c1-2-16-10(15)9(14)6-3-5(11)4-7(12)8(6)13/h3-4,9,14H,2H2,1H3. The van der Waals surface area contributed by atoms with E-state index in [0.717, 1.165) is 0 Å². The minimum absolute atomic E-state index is 0.0324. The van der Waals surface area contributed by atoms with E-state index in [2.05, 4.69) is 4.74 Å². The third-order valence-corrected chi connectivity index (χ3v) is 1.83. The van der Waals surface area contributed by atoms with E-state index in [1.165, 1.54) is 6.92 Å². The molecule has 0 bridgehead atoms. The summed E-state index contributed by atoms with van der Waals surface area (Å²) in [6.45, 7) is 1.45. The van der Waals surface area contributed by atoms with Crippen molar-refractivity contribution in [1.29, 1.82) is 0 Å². The highest BCUT2D eigenvalue weighted by molar-refractivity contribution is 5.76. The van der Waals surface area contributed by atoms with Crippen molar-refractivity contribution in [2.45, 2.75) is 13.0 Å². The Morgan fingerprint density at radius 1 is 1.44 bits per heavy atom. The first-order chi connectivity index (χ1) is 7.47. The molecule has 0 amide bonds. The lowest BCUT2D eigenvalue weighted by atomic mass is 10.1. The molecular formula is C10H9F3O3. The summed E-state index contributed by atoms with van der Waals surface area (Å²) in [5.74, 6) is -5.19. The second-order valence-corrected chi connectivity index (χ2v) is 2.95. The van der Waals surface area contributed by atoms with Crippen LogP contribution in [0.4, 0.5) is 13.2 Å². The van der Waals surface area contributed by atoms with Crippen LogP contribution in [0.3, 0.4) is 0 Å². The SMILES string of the molecule is CCOC(=O)C(O)c1cc(F)cc(F)c1F. The Labute approximate surface area is 89.5 Å². The average molecular weight is 234 g/mol. The van der Waals surface area contributed by atoms with Gasteiger partial charge in [0.15, 0.2) is 17.7 Å². The molecule has 0 fully saturated rings. The number of esters is 1. The molecule has 1 unspecified atom stereocenters. The van der Waals surface area contributed by atoms with Crippen LogP contribution >= 0.6 is 0 Å². The van der Waals surface area contributed by atoms with Crippen LogP contribution < -0.4 is 0 Å². The zero-order valence-electron chi connectivity index (χ0n) is 8.34. The fourth-order valence-electron chi connectivity index (χ4n) is 1.12. The number of aliphatic hydroxyl groups is 1. The molecule has 1 atom stereocenters. The highest BCUT2D eigenvalue weighted by atomic mass is 19.2. The Kier molecular flexibility index (Phi) is 3.89. The van der Waals surface area contributed by atoms with Gasteiger partial charge in [0, 0.05) is 11.6 Å². The largest absolute Gasteiger partial charge is 0.464 e. The van der Waals surface area contributed by atoms with Crippen LogP contribution in [-0.2, 0) is 9.53 Å². The summed E-state index contributed by atoms with van der Waals surface area (Å²) in [5.41, 5.74) is -0.782. The fourth-order valence-corrected chi connectivity index (χ4v) is 1.12. The van der Waals surface area contributed by atoms with Gasteiger partial charge in [-0.15, -0.1) is 0 Å². The molecule has 6 heteroatoms. The molecule has 0 saturated carbocycles. The van der Waals surface area contributed by atoms with E-state index in [9.17, 15) is 23.1 Å². The molecule has 0 aliphatic heterocycles. The molecule has 3 nitrogen and oxygen atoms in total. The first kappa shape index (κ1) is 12.5. The van der Waals surface area contributed by atoms with Crippen molar-refractivity contribution in [3.05, 3.63) is 35.1 Å². The van der Waals surface area contributed by atoms with E-state index < -0.39 is 35.1 Å². The van der Waals surface area contributed by atoms with E-state index in [-0.39, 0.29) is 6.61 Å². The summed E-state index contributed by atoms with van der Waals surface area (Å²) in [6, 6.07) is 0.858. The van der Waals surface area contributed by atoms with Crippen molar-refractivity contribution >= 4 is 5.97 Å². The third-order valence-electron chi connectivity index (χ3n) is 1.83. The van der Waals surface area contributed by atoms with Crippen LogP contribution in [0.5, 0.6) is 0 Å². The Bertz CT molecular complexity index is 407. The zero-order chi connectivity index (χ0) is 12.3. The Hall–Kier alpha value is -1.56. The Morgan fingerprint density at radius 3 is 2.62 bits per heavy atom. The van der Waals surface area contributed by atoms with E-state index in [1.807, 2.05) is 0 Å². The smallest absolute Gasteiger partial charge is 0.339 e. The van der Waals surface area contributed by atoms with Gasteiger partial charge in [0.05, 0.1) is 6.61 Å². The maximum atomic E-state index is 13.1. The van der Waals surface area contributed by atoms with Gasteiger partial charge in [0.2, 0.25) is 0 Å². The monoisotopic (exact) mass is 234 g/mol. The molecular weight excluding hydrogens is 225 g/mol. The molecule has 88 valence electrons. The quantitative estimate of drug-likeness (QED) is 0.639. The number of hydrogen-bond donors (Lipinski definition) is 1. The Balaban J connectivity index is 3.08. The van der Waals surface area contributed by atoms with E-state index in [1.54, 1.807) is 0 Å². The molecule has 1 rings (SSSR count). The molecule has 0 spiro atoms. The fraction of sp³-hybridized carbons (Fsp3) is 0.300. The van der Waals surface area contributed by atoms with Crippen molar-refractivity contribution in [1.82, 2.24) is 0 Å². The molecule has 1 N–H and O–H groups in total. The average Bonchev–Trinajstić information content (AvgIpc) is 2.22. The van der Waals surface area contributed by atoms with Gasteiger partial charge in [0.25, 0.3) is 0 Å². The van der Waals surface area contributed by atoms with Crippen molar-refractivity contribution in [3.63, 3.8) is 0 Å². The highest BCUT2D eigenvalue weighted by Gasteiger charge is 2.25. The summed E-state index contributed by atoms with van der Waals surface area (Å²) in [4.78, 5) is 11.0. The van der Waals surface area contributed by atoms with E-state index in [4.69, 9.17) is 0 Å². The van der Waals surface area contributed by atoms with Gasteiger partial charge in [-0.25, -0.2) is 18.0 Å². The zero-order valence-corrected chi connectivity index (χ0v) is 8.34. The molecule has 0 heterocycles. The summed E-state index contributed by atoms with van der Waals surface area (Å²) in [5, 5.41) is 9.30. The number of carbonyl (C=O) groups is 1. The van der Waals surface area contributed by atoms with E-state index in [0.29, 0.717) is 12.1 Å². The maximum absolute atomic E-state index is 13.1. The number of carbonyl (C=O) groups excluding carboxylic acids is 1. The van der Waals surface area contributed by atoms with Gasteiger partial charge in [-0.3, -0.25) is 0 Å². The summed E-state index contributed by atoms with van der Waals surface area (Å²) in [7, 11) is 0. The first-order valence-corrected chi connectivity index (χ1v) is 4.46. The second kappa shape index (κ2) is 4.98. The molecule has 0 aliphatic rings. The molecule has 1 aromatic rings.